The van der Waals surface area contributed by atoms with Gasteiger partial charge in [0.15, 0.2) is 5.11 Å². The summed E-state index contributed by atoms with van der Waals surface area (Å²) < 4.78 is 5.62. The Kier molecular flexibility index (Phi) is 6.17. The van der Waals surface area contributed by atoms with Gasteiger partial charge in [-0.15, -0.1) is 0 Å². The molecule has 172 valence electrons. The van der Waals surface area contributed by atoms with Crippen molar-refractivity contribution in [2.24, 2.45) is 5.92 Å². The summed E-state index contributed by atoms with van der Waals surface area (Å²) in [6.07, 6.45) is 2.45. The zero-order valence-electron chi connectivity index (χ0n) is 19.2. The Morgan fingerprint density at radius 2 is 1.82 bits per heavy atom. The van der Waals surface area contributed by atoms with Crippen molar-refractivity contribution in [3.63, 3.8) is 0 Å². The lowest BCUT2D eigenvalue weighted by Crippen LogP contribution is -2.35. The molecular weight excluding hydrogens is 432 g/mol. The molecule has 1 aromatic carbocycles. The van der Waals surface area contributed by atoms with Crippen LogP contribution in [-0.2, 0) is 19.6 Å². The van der Waals surface area contributed by atoms with E-state index >= 15 is 0 Å². The first-order chi connectivity index (χ1) is 16.0. The van der Waals surface area contributed by atoms with Crippen LogP contribution in [0.2, 0.25) is 0 Å². The molecule has 1 fully saturated rings. The third-order valence-electron chi connectivity index (χ3n) is 6.29. The molecule has 2 aromatic heterocycles. The van der Waals surface area contributed by atoms with Gasteiger partial charge in [-0.05, 0) is 61.2 Å². The van der Waals surface area contributed by atoms with Gasteiger partial charge in [0.25, 0.3) is 0 Å². The molecular formula is C25H30N6OS. The predicted octanol–water partition coefficient (Wildman–Crippen LogP) is 4.62. The zero-order chi connectivity index (χ0) is 22.8. The van der Waals surface area contributed by atoms with Crippen LogP contribution in [0.1, 0.15) is 42.4 Å². The number of nitrogens with zero attached hydrogens (tertiary/aromatic N) is 4. The molecule has 7 nitrogen and oxygen atoms in total. The van der Waals surface area contributed by atoms with Crippen molar-refractivity contribution in [3.8, 4) is 0 Å². The zero-order valence-corrected chi connectivity index (χ0v) is 20.0. The van der Waals surface area contributed by atoms with E-state index < -0.39 is 0 Å². The summed E-state index contributed by atoms with van der Waals surface area (Å²) in [5.41, 5.74) is 2.70. The second-order valence-corrected chi connectivity index (χ2v) is 9.45. The van der Waals surface area contributed by atoms with Gasteiger partial charge < -0.3 is 24.9 Å². The molecule has 5 rings (SSSR count). The Bertz CT molecular complexity index is 1120. The first-order valence-electron chi connectivity index (χ1n) is 11.6. The van der Waals surface area contributed by atoms with Crippen molar-refractivity contribution in [1.29, 1.82) is 0 Å². The highest BCUT2D eigenvalue weighted by molar-refractivity contribution is 7.80. The minimum atomic E-state index is 0.476. The molecule has 33 heavy (non-hydrogen) atoms. The number of thiocarbonyl (C=S) groups is 1. The lowest BCUT2D eigenvalue weighted by atomic mass is 10.0. The summed E-state index contributed by atoms with van der Waals surface area (Å²) in [6.45, 7) is 8.47. The van der Waals surface area contributed by atoms with Gasteiger partial charge in [0, 0.05) is 32.2 Å². The van der Waals surface area contributed by atoms with Gasteiger partial charge in [0.05, 0.1) is 6.54 Å². The summed E-state index contributed by atoms with van der Waals surface area (Å²) in [5, 5.41) is 6.86. The fourth-order valence-electron chi connectivity index (χ4n) is 4.59. The molecule has 2 aliphatic rings. The van der Waals surface area contributed by atoms with Crippen LogP contribution in [0, 0.1) is 12.8 Å². The van der Waals surface area contributed by atoms with Crippen LogP contribution in [-0.4, -0.2) is 28.2 Å². The first kappa shape index (κ1) is 21.7. The number of anilines is 3. The Labute approximate surface area is 200 Å². The molecule has 0 amide bonds. The molecule has 0 saturated carbocycles. The number of benzene rings is 1. The average Bonchev–Trinajstić information content (AvgIpc) is 3.43. The molecule has 0 spiro atoms. The van der Waals surface area contributed by atoms with E-state index in [2.05, 4.69) is 57.7 Å². The van der Waals surface area contributed by atoms with Crippen molar-refractivity contribution in [2.45, 2.75) is 46.3 Å². The molecule has 0 aliphatic carbocycles. The first-order valence-corrected chi connectivity index (χ1v) is 12.0. The molecule has 4 heterocycles. The third kappa shape index (κ3) is 5.11. The highest BCUT2D eigenvalue weighted by atomic mass is 32.1. The van der Waals surface area contributed by atoms with Gasteiger partial charge in [-0.2, -0.15) is 9.97 Å². The topological polar surface area (TPSA) is 69.5 Å². The lowest BCUT2D eigenvalue weighted by Gasteiger charge is -2.32. The van der Waals surface area contributed by atoms with Crippen LogP contribution in [0.5, 0.6) is 0 Å². The number of nitrogens with one attached hydrogen (secondary N) is 2. The van der Waals surface area contributed by atoms with Crippen molar-refractivity contribution < 1.29 is 4.42 Å². The van der Waals surface area contributed by atoms with E-state index in [1.165, 1.54) is 24.0 Å². The molecule has 1 saturated heterocycles. The minimum Gasteiger partial charge on any atom is -0.465 e. The van der Waals surface area contributed by atoms with Crippen molar-refractivity contribution in [3.05, 3.63) is 65.1 Å². The largest absolute Gasteiger partial charge is 0.465 e. The summed E-state index contributed by atoms with van der Waals surface area (Å²) in [5.74, 6) is 4.77. The van der Waals surface area contributed by atoms with Gasteiger partial charge in [-0.3, -0.25) is 0 Å². The van der Waals surface area contributed by atoms with Gasteiger partial charge in [0.1, 0.15) is 23.2 Å². The Morgan fingerprint density at radius 3 is 2.48 bits per heavy atom. The van der Waals surface area contributed by atoms with E-state index in [-0.39, 0.29) is 0 Å². The van der Waals surface area contributed by atoms with E-state index in [0.29, 0.717) is 23.5 Å². The van der Waals surface area contributed by atoms with E-state index in [1.807, 2.05) is 19.1 Å². The molecule has 3 aromatic rings. The maximum absolute atomic E-state index is 5.62. The predicted molar refractivity (Wildman–Crippen MR) is 135 cm³/mol. The van der Waals surface area contributed by atoms with Crippen LogP contribution in [0.25, 0.3) is 0 Å². The molecule has 1 atom stereocenters. The highest BCUT2D eigenvalue weighted by Crippen LogP contribution is 2.31. The van der Waals surface area contributed by atoms with Crippen LogP contribution in [0.3, 0.4) is 0 Å². The van der Waals surface area contributed by atoms with E-state index in [4.69, 9.17) is 26.6 Å². The SMILES string of the molecule is Cc1ccc(CNC(=S)Nc2nc(N3Cc4ccccc4C3)cc(N3CCC[C@@H](C)C3)n2)o1. The number of fused-ring (bicyclic) bond motifs is 1. The van der Waals surface area contributed by atoms with E-state index in [0.717, 1.165) is 49.3 Å². The number of hydrogen-bond acceptors (Lipinski definition) is 6. The number of aryl methyl sites for hydroxylation is 1. The molecule has 0 bridgehead atoms. The standard InChI is InChI=1S/C25H30N6OS/c1-17-6-5-11-30(14-17)22-12-23(31-15-19-7-3-4-8-20(19)16-31)28-24(27-22)29-25(33)26-13-21-10-9-18(2)32-21/h3-4,7-10,12,17H,5-6,11,13-16H2,1-2H3,(H2,26,27,28,29,33)/t17-/m1/s1. The Morgan fingerprint density at radius 1 is 1.09 bits per heavy atom. The summed E-state index contributed by atoms with van der Waals surface area (Å²) in [6, 6.07) is 14.6. The second-order valence-electron chi connectivity index (χ2n) is 9.05. The smallest absolute Gasteiger partial charge is 0.232 e. The van der Waals surface area contributed by atoms with Crippen molar-refractivity contribution >= 4 is 34.9 Å². The van der Waals surface area contributed by atoms with Gasteiger partial charge in [-0.25, -0.2) is 0 Å². The Hall–Kier alpha value is -3.13. The number of furan rings is 1. The number of aromatic nitrogens is 2. The molecule has 2 N–H and O–H groups in total. The third-order valence-corrected chi connectivity index (χ3v) is 6.54. The highest BCUT2D eigenvalue weighted by Gasteiger charge is 2.24. The monoisotopic (exact) mass is 462 g/mol. The van der Waals surface area contributed by atoms with E-state index in [1.54, 1.807) is 0 Å². The summed E-state index contributed by atoms with van der Waals surface area (Å²) >= 11 is 5.52. The average molecular weight is 463 g/mol. The lowest BCUT2D eigenvalue weighted by molar-refractivity contribution is 0.444. The maximum atomic E-state index is 5.62. The van der Waals surface area contributed by atoms with Crippen molar-refractivity contribution in [2.75, 3.05) is 28.2 Å². The molecule has 2 aliphatic heterocycles. The maximum Gasteiger partial charge on any atom is 0.232 e. The van der Waals surface area contributed by atoms with Gasteiger partial charge in [-0.1, -0.05) is 31.2 Å². The van der Waals surface area contributed by atoms with Crippen LogP contribution in [0.15, 0.2) is 46.9 Å². The molecule has 0 radical (unpaired) electrons. The van der Waals surface area contributed by atoms with E-state index in [9.17, 15) is 0 Å². The quantitative estimate of drug-likeness (QED) is 0.533. The normalized spacial score (nSPS) is 17.7. The molecule has 8 heteroatoms. The summed E-state index contributed by atoms with van der Waals surface area (Å²) in [7, 11) is 0. The Balaban J connectivity index is 1.36. The molecule has 0 unspecified atom stereocenters. The fourth-order valence-corrected chi connectivity index (χ4v) is 4.75. The van der Waals surface area contributed by atoms with Gasteiger partial charge >= 0.3 is 0 Å². The number of piperidine rings is 1. The second kappa shape index (κ2) is 9.39. The number of hydrogen-bond donors (Lipinski definition) is 2. The number of rotatable bonds is 5. The van der Waals surface area contributed by atoms with Crippen molar-refractivity contribution in [1.82, 2.24) is 15.3 Å². The summed E-state index contributed by atoms with van der Waals surface area (Å²) in [4.78, 5) is 14.3. The van der Waals surface area contributed by atoms with Gasteiger partial charge in [0.2, 0.25) is 5.95 Å². The van der Waals surface area contributed by atoms with Crippen LogP contribution in [0.4, 0.5) is 17.6 Å². The minimum absolute atomic E-state index is 0.476. The van der Waals surface area contributed by atoms with Crippen LogP contribution >= 0.6 is 12.2 Å². The van der Waals surface area contributed by atoms with Crippen LogP contribution < -0.4 is 20.4 Å². The fraction of sp³-hybridized carbons (Fsp3) is 0.400.